The minimum absolute atomic E-state index is 0.0668. The molecule has 4 atom stereocenters. The Labute approximate surface area is 133 Å². The summed E-state index contributed by atoms with van der Waals surface area (Å²) in [6.45, 7) is 6.36. The van der Waals surface area contributed by atoms with Crippen molar-refractivity contribution in [2.45, 2.75) is 25.6 Å². The molecule has 0 amide bonds. The van der Waals surface area contributed by atoms with E-state index in [4.69, 9.17) is 15.0 Å². The smallest absolute Gasteiger partial charge is 0.198 e. The van der Waals surface area contributed by atoms with Crippen molar-refractivity contribution in [2.75, 3.05) is 6.61 Å². The average Bonchev–Trinajstić information content (AvgIpc) is 3.00. The van der Waals surface area contributed by atoms with E-state index in [1.165, 1.54) is 11.5 Å². The lowest BCUT2D eigenvalue weighted by Gasteiger charge is -2.16. The van der Waals surface area contributed by atoms with Gasteiger partial charge in [-0.25, -0.2) is 4.99 Å². The van der Waals surface area contributed by atoms with E-state index in [1.807, 2.05) is 0 Å². The Morgan fingerprint density at radius 1 is 1.64 bits per heavy atom. The molecule has 0 aliphatic carbocycles. The number of nitrogens with one attached hydrogen (secondary N) is 1. The molecule has 0 bridgehead atoms. The van der Waals surface area contributed by atoms with Crippen LogP contribution < -0.4 is 11.1 Å². The largest absolute Gasteiger partial charge is 0.369 e. The summed E-state index contributed by atoms with van der Waals surface area (Å²) < 4.78 is 15.7. The van der Waals surface area contributed by atoms with Gasteiger partial charge < -0.3 is 25.2 Å². The second-order valence-electron chi connectivity index (χ2n) is 5.43. The molecule has 0 radical (unpaired) electrons. The lowest BCUT2D eigenvalue weighted by atomic mass is 10.0. The second-order valence-corrected chi connectivity index (χ2v) is 7.31. The number of fused-ring (bicyclic) bond motifs is 1. The predicted octanol–water partition coefficient (Wildman–Crippen LogP) is 1.61. The van der Waals surface area contributed by atoms with Crippen LogP contribution in [0.15, 0.2) is 11.6 Å². The van der Waals surface area contributed by atoms with Crippen molar-refractivity contribution in [3.8, 4) is 0 Å². The number of ether oxygens (including phenoxy) is 1. The van der Waals surface area contributed by atoms with Gasteiger partial charge in [0.2, 0.25) is 0 Å². The Hall–Kier alpha value is -1.18. The molecule has 1 aromatic rings. The summed E-state index contributed by atoms with van der Waals surface area (Å²) in [4.78, 5) is 14.5. The molecule has 1 unspecified atom stereocenters. The molecule has 0 aromatic carbocycles. The zero-order chi connectivity index (χ0) is 15.9. The maximum absolute atomic E-state index is 9.22. The molecule has 2 aliphatic heterocycles. The molecule has 22 heavy (non-hydrogen) atoms. The number of rotatable bonds is 4. The number of aromatic nitrogens is 1. The van der Waals surface area contributed by atoms with E-state index in [0.29, 0.717) is 24.2 Å². The van der Waals surface area contributed by atoms with Crippen molar-refractivity contribution < 1.29 is 14.2 Å². The van der Waals surface area contributed by atoms with Gasteiger partial charge in [0.25, 0.3) is 0 Å². The molecule has 0 saturated carbocycles. The van der Waals surface area contributed by atoms with Crippen LogP contribution in [-0.4, -0.2) is 34.2 Å². The number of nitrogens with zero attached hydrogens (tertiary/aromatic N) is 2. The zero-order valence-electron chi connectivity index (χ0n) is 12.2. The first-order chi connectivity index (χ1) is 10.5. The fourth-order valence-electron chi connectivity index (χ4n) is 2.62. The van der Waals surface area contributed by atoms with Crippen molar-refractivity contribution in [1.29, 1.82) is 0 Å². The van der Waals surface area contributed by atoms with Crippen molar-refractivity contribution in [1.82, 2.24) is 9.69 Å². The quantitative estimate of drug-likeness (QED) is 0.719. The molecule has 4 N–H and O–H groups in total. The van der Waals surface area contributed by atoms with E-state index in [0.717, 1.165) is 22.7 Å². The number of guanidine groups is 1. The Morgan fingerprint density at radius 3 is 3.14 bits per heavy atom. The SMILES string of the molecule is C=C1NC(N)=Nc2c1nsc2[C@H]1C[C@H](C)[C@@H](CO[PH](=C)O)O1. The van der Waals surface area contributed by atoms with Crippen LogP contribution in [0.1, 0.15) is 30.0 Å². The molecule has 3 rings (SSSR count). The van der Waals surface area contributed by atoms with Crippen LogP contribution >= 0.6 is 19.5 Å². The molecule has 120 valence electrons. The summed E-state index contributed by atoms with van der Waals surface area (Å²) in [5, 5.41) is 2.87. The summed E-state index contributed by atoms with van der Waals surface area (Å²) in [7, 11) is -1.94. The van der Waals surface area contributed by atoms with Gasteiger partial charge in [-0.15, -0.1) is 0 Å². The van der Waals surface area contributed by atoms with E-state index >= 15 is 0 Å². The molecule has 1 saturated heterocycles. The topological polar surface area (TPSA) is 102 Å². The number of hydrogen-bond acceptors (Lipinski definition) is 8. The lowest BCUT2D eigenvalue weighted by molar-refractivity contribution is 0.0102. The maximum Gasteiger partial charge on any atom is 0.198 e. The Kier molecular flexibility index (Phi) is 4.38. The fourth-order valence-corrected chi connectivity index (χ4v) is 3.86. The number of aliphatic imine (C=N–C) groups is 1. The van der Waals surface area contributed by atoms with E-state index in [-0.39, 0.29) is 12.2 Å². The monoisotopic (exact) mass is 342 g/mol. The highest BCUT2D eigenvalue weighted by atomic mass is 32.1. The van der Waals surface area contributed by atoms with Crippen LogP contribution in [0, 0.1) is 5.92 Å². The van der Waals surface area contributed by atoms with Crippen molar-refractivity contribution in [3.05, 3.63) is 17.2 Å². The molecule has 1 aromatic heterocycles. The van der Waals surface area contributed by atoms with Gasteiger partial charge >= 0.3 is 0 Å². The van der Waals surface area contributed by atoms with Crippen molar-refractivity contribution in [2.24, 2.45) is 16.6 Å². The number of nitrogens with two attached hydrogens (primary N) is 1. The van der Waals surface area contributed by atoms with Gasteiger partial charge in [-0.3, -0.25) is 0 Å². The third kappa shape index (κ3) is 2.98. The first-order valence-electron chi connectivity index (χ1n) is 6.92. The van der Waals surface area contributed by atoms with Gasteiger partial charge in [0.05, 0.1) is 29.4 Å². The lowest BCUT2D eigenvalue weighted by Crippen LogP contribution is -2.31. The molecular weight excluding hydrogens is 323 g/mol. The van der Waals surface area contributed by atoms with Crippen LogP contribution in [0.2, 0.25) is 0 Å². The van der Waals surface area contributed by atoms with Gasteiger partial charge in [-0.05, 0) is 23.9 Å². The third-order valence-electron chi connectivity index (χ3n) is 3.76. The minimum atomic E-state index is -1.94. The first-order valence-corrected chi connectivity index (χ1v) is 9.25. The first kappa shape index (κ1) is 15.7. The molecule has 7 nitrogen and oxygen atoms in total. The highest BCUT2D eigenvalue weighted by Crippen LogP contribution is 2.45. The average molecular weight is 342 g/mol. The van der Waals surface area contributed by atoms with Crippen LogP contribution in [0.5, 0.6) is 0 Å². The zero-order valence-corrected chi connectivity index (χ0v) is 14.0. The van der Waals surface area contributed by atoms with Crippen molar-refractivity contribution >= 4 is 43.2 Å². The molecule has 2 aliphatic rings. The normalized spacial score (nSPS) is 28.9. The molecular formula is C13H19N4O3PS. The van der Waals surface area contributed by atoms with Gasteiger partial charge in [0, 0.05) is 0 Å². The summed E-state index contributed by atoms with van der Waals surface area (Å²) in [5.74, 6) is 0.629. The van der Waals surface area contributed by atoms with Crippen LogP contribution in [0.4, 0.5) is 5.69 Å². The maximum atomic E-state index is 9.22. The minimum Gasteiger partial charge on any atom is -0.369 e. The fraction of sp³-hybridized carbons (Fsp3) is 0.462. The van der Waals surface area contributed by atoms with E-state index in [9.17, 15) is 4.89 Å². The van der Waals surface area contributed by atoms with Gasteiger partial charge in [0.1, 0.15) is 19.4 Å². The third-order valence-corrected chi connectivity index (χ3v) is 5.18. The molecule has 3 heterocycles. The highest BCUT2D eigenvalue weighted by molar-refractivity contribution is 7.44. The van der Waals surface area contributed by atoms with Crippen molar-refractivity contribution in [3.63, 3.8) is 0 Å². The summed E-state index contributed by atoms with van der Waals surface area (Å²) in [6.07, 6.45) is 4.18. The van der Waals surface area contributed by atoms with Crippen LogP contribution in [0.3, 0.4) is 0 Å². The van der Waals surface area contributed by atoms with E-state index < -0.39 is 8.00 Å². The second kappa shape index (κ2) is 6.14. The molecule has 1 fully saturated rings. The summed E-state index contributed by atoms with van der Waals surface area (Å²) in [6, 6.07) is 0. The predicted molar refractivity (Wildman–Crippen MR) is 90.6 cm³/mol. The highest BCUT2D eigenvalue weighted by Gasteiger charge is 2.37. The van der Waals surface area contributed by atoms with Gasteiger partial charge in [0.15, 0.2) is 5.96 Å². The molecule has 9 heteroatoms. The van der Waals surface area contributed by atoms with Crippen LogP contribution in [-0.2, 0) is 9.26 Å². The summed E-state index contributed by atoms with van der Waals surface area (Å²) >= 11 is 1.36. The van der Waals surface area contributed by atoms with E-state index in [1.54, 1.807) is 0 Å². The van der Waals surface area contributed by atoms with E-state index in [2.05, 4.69) is 34.5 Å². The van der Waals surface area contributed by atoms with Gasteiger partial charge in [-0.1, -0.05) is 19.8 Å². The Bertz CT molecular complexity index is 660. The number of hydrogen-bond donors (Lipinski definition) is 3. The Morgan fingerprint density at radius 2 is 2.41 bits per heavy atom. The van der Waals surface area contributed by atoms with Crippen LogP contribution in [0.25, 0.3) is 5.70 Å². The standard InChI is InChI=1S/C13H19N4O3PS/c1-6-4-8(20-9(6)5-19-21(3)18)12-11-10(17-22-12)7(2)15-13(14)16-11/h6,8-9,18,21H,2-5H2,1H3,(H3,14,15,16)/t6-,8+,9+/m0/s1. The summed E-state index contributed by atoms with van der Waals surface area (Å²) in [5.41, 5.74) is 7.89. The molecule has 0 spiro atoms. The Balaban J connectivity index is 1.80. The van der Waals surface area contributed by atoms with Gasteiger partial charge in [-0.2, -0.15) is 4.37 Å².